The number of rotatable bonds is 13. The van der Waals surface area contributed by atoms with Gasteiger partial charge in [0.2, 0.25) is 11.8 Å². The molecule has 0 saturated heterocycles. The summed E-state index contributed by atoms with van der Waals surface area (Å²) in [6.45, 7) is 3.22. The number of carbonyl (C=O) groups is 2. The molecule has 4 aromatic carbocycles. The fourth-order valence-corrected chi connectivity index (χ4v) is 6.48. The molecule has 0 saturated carbocycles. The maximum Gasteiger partial charge on any atom is 0.264 e. The standard InChI is InChI=1S/C34H35BrFN3O4S/c1-3-25(2)37-34(41)32(21-26-11-6-4-7-12-26)38(23-27-17-19-29(36)20-18-27)33(40)24-39(30-14-10-13-28(35)22-30)44(42,43)31-15-8-5-9-16-31/h4-20,22,25,32H,3,21,23-24H2,1-2H3,(H,37,41)/t25-,32+/m1/s1. The highest BCUT2D eigenvalue weighted by molar-refractivity contribution is 9.10. The number of sulfonamides is 1. The minimum absolute atomic E-state index is 0.0215. The molecular formula is C34H35BrFN3O4S. The molecule has 0 aromatic heterocycles. The summed E-state index contributed by atoms with van der Waals surface area (Å²) in [6, 6.07) is 28.4. The van der Waals surface area contributed by atoms with Crippen molar-refractivity contribution in [1.29, 1.82) is 0 Å². The number of nitrogens with zero attached hydrogens (tertiary/aromatic N) is 2. The van der Waals surface area contributed by atoms with Crippen LogP contribution in [0.1, 0.15) is 31.4 Å². The van der Waals surface area contributed by atoms with Crippen LogP contribution in [0.2, 0.25) is 0 Å². The van der Waals surface area contributed by atoms with Gasteiger partial charge in [-0.15, -0.1) is 0 Å². The summed E-state index contributed by atoms with van der Waals surface area (Å²) >= 11 is 3.41. The second-order valence-electron chi connectivity index (χ2n) is 10.5. The third-order valence-corrected chi connectivity index (χ3v) is 9.53. The number of hydrogen-bond donors (Lipinski definition) is 1. The van der Waals surface area contributed by atoms with Gasteiger partial charge in [0.15, 0.2) is 0 Å². The average Bonchev–Trinajstić information content (AvgIpc) is 3.03. The molecule has 1 N–H and O–H groups in total. The van der Waals surface area contributed by atoms with Crippen molar-refractivity contribution in [2.75, 3.05) is 10.8 Å². The molecule has 44 heavy (non-hydrogen) atoms. The van der Waals surface area contributed by atoms with Gasteiger partial charge in [-0.1, -0.05) is 89.6 Å². The normalized spacial score (nSPS) is 12.6. The van der Waals surface area contributed by atoms with Gasteiger partial charge in [0.1, 0.15) is 18.4 Å². The Bertz CT molecular complexity index is 1660. The van der Waals surface area contributed by atoms with E-state index >= 15 is 0 Å². The van der Waals surface area contributed by atoms with Crippen LogP contribution in [-0.2, 0) is 32.6 Å². The van der Waals surface area contributed by atoms with Crippen molar-refractivity contribution >= 4 is 43.5 Å². The lowest BCUT2D eigenvalue weighted by atomic mass is 10.0. The summed E-state index contributed by atoms with van der Waals surface area (Å²) < 4.78 is 43.5. The Morgan fingerprint density at radius 2 is 1.50 bits per heavy atom. The topological polar surface area (TPSA) is 86.8 Å². The van der Waals surface area contributed by atoms with Gasteiger partial charge in [-0.25, -0.2) is 12.8 Å². The predicted molar refractivity (Wildman–Crippen MR) is 174 cm³/mol. The van der Waals surface area contributed by atoms with Crippen LogP contribution in [0.25, 0.3) is 0 Å². The smallest absolute Gasteiger partial charge is 0.264 e. The van der Waals surface area contributed by atoms with Crippen molar-refractivity contribution in [3.63, 3.8) is 0 Å². The van der Waals surface area contributed by atoms with Crippen LogP contribution >= 0.6 is 15.9 Å². The molecule has 2 atom stereocenters. The van der Waals surface area contributed by atoms with Crippen molar-refractivity contribution < 1.29 is 22.4 Å². The van der Waals surface area contributed by atoms with Crippen LogP contribution in [0.15, 0.2) is 119 Å². The molecule has 0 bridgehead atoms. The minimum atomic E-state index is -4.19. The molecular weight excluding hydrogens is 645 g/mol. The molecule has 10 heteroatoms. The predicted octanol–water partition coefficient (Wildman–Crippen LogP) is 6.34. The van der Waals surface area contributed by atoms with Gasteiger partial charge in [0.25, 0.3) is 10.0 Å². The van der Waals surface area contributed by atoms with Gasteiger partial charge >= 0.3 is 0 Å². The van der Waals surface area contributed by atoms with Crippen molar-refractivity contribution in [3.05, 3.63) is 131 Å². The summed E-state index contributed by atoms with van der Waals surface area (Å²) in [5.41, 5.74) is 1.70. The van der Waals surface area contributed by atoms with E-state index in [4.69, 9.17) is 0 Å². The van der Waals surface area contributed by atoms with Crippen molar-refractivity contribution in [2.24, 2.45) is 0 Å². The Kier molecular flexibility index (Phi) is 11.3. The molecule has 0 aliphatic carbocycles. The van der Waals surface area contributed by atoms with Crippen LogP contribution in [0.3, 0.4) is 0 Å². The van der Waals surface area contributed by atoms with Crippen molar-refractivity contribution in [1.82, 2.24) is 10.2 Å². The van der Waals surface area contributed by atoms with Crippen molar-refractivity contribution in [2.45, 2.75) is 50.2 Å². The van der Waals surface area contributed by atoms with Crippen LogP contribution in [0.4, 0.5) is 10.1 Å². The number of halogens is 2. The third kappa shape index (κ3) is 8.54. The Morgan fingerprint density at radius 1 is 0.864 bits per heavy atom. The molecule has 0 aliphatic rings. The van der Waals surface area contributed by atoms with Gasteiger partial charge in [0, 0.05) is 23.5 Å². The first-order valence-electron chi connectivity index (χ1n) is 14.3. The molecule has 0 unspecified atom stereocenters. The quantitative estimate of drug-likeness (QED) is 0.179. The van der Waals surface area contributed by atoms with Gasteiger partial charge in [-0.05, 0) is 66.9 Å². The van der Waals surface area contributed by atoms with Crippen LogP contribution in [-0.4, -0.2) is 43.8 Å². The van der Waals surface area contributed by atoms with Gasteiger partial charge in [-0.2, -0.15) is 0 Å². The van der Waals surface area contributed by atoms with Gasteiger partial charge < -0.3 is 10.2 Å². The SMILES string of the molecule is CC[C@@H](C)NC(=O)[C@H](Cc1ccccc1)N(Cc1ccc(F)cc1)C(=O)CN(c1cccc(Br)c1)S(=O)(=O)c1ccccc1. The Morgan fingerprint density at radius 3 is 2.11 bits per heavy atom. The number of carbonyl (C=O) groups excluding carboxylic acids is 2. The molecule has 0 heterocycles. The number of hydrogen-bond acceptors (Lipinski definition) is 4. The van der Waals surface area contributed by atoms with E-state index in [1.165, 1.54) is 29.2 Å². The zero-order valence-corrected chi connectivity index (χ0v) is 27.0. The number of nitrogens with one attached hydrogen (secondary N) is 1. The van der Waals surface area contributed by atoms with E-state index in [1.807, 2.05) is 44.2 Å². The van der Waals surface area contributed by atoms with E-state index in [0.29, 0.717) is 16.5 Å². The fourth-order valence-electron chi connectivity index (χ4n) is 4.66. The lowest BCUT2D eigenvalue weighted by Gasteiger charge is -2.34. The van der Waals surface area contributed by atoms with Gasteiger partial charge in [-0.3, -0.25) is 13.9 Å². The highest BCUT2D eigenvalue weighted by atomic mass is 79.9. The second-order valence-corrected chi connectivity index (χ2v) is 13.3. The Labute approximate surface area is 266 Å². The summed E-state index contributed by atoms with van der Waals surface area (Å²) in [7, 11) is -4.19. The molecule has 0 spiro atoms. The average molecular weight is 681 g/mol. The number of amides is 2. The zero-order valence-electron chi connectivity index (χ0n) is 24.6. The molecule has 0 aliphatic heterocycles. The Balaban J connectivity index is 1.80. The zero-order chi connectivity index (χ0) is 31.7. The number of anilines is 1. The molecule has 0 radical (unpaired) electrons. The van der Waals surface area contributed by atoms with E-state index in [9.17, 15) is 22.4 Å². The summed E-state index contributed by atoms with van der Waals surface area (Å²) in [4.78, 5) is 29.6. The van der Waals surface area contributed by atoms with Crippen molar-refractivity contribution in [3.8, 4) is 0 Å². The number of benzene rings is 4. The molecule has 2 amide bonds. The lowest BCUT2D eigenvalue weighted by molar-refractivity contribution is -0.140. The van der Waals surface area contributed by atoms with Crippen LogP contribution in [0, 0.1) is 5.82 Å². The minimum Gasteiger partial charge on any atom is -0.352 e. The first-order valence-corrected chi connectivity index (χ1v) is 16.5. The van der Waals surface area contributed by atoms with E-state index in [1.54, 1.807) is 54.6 Å². The lowest BCUT2D eigenvalue weighted by Crippen LogP contribution is -2.54. The first-order chi connectivity index (χ1) is 21.1. The van der Waals surface area contributed by atoms with E-state index in [0.717, 1.165) is 9.87 Å². The van der Waals surface area contributed by atoms with E-state index in [-0.39, 0.29) is 35.5 Å². The second kappa shape index (κ2) is 15.1. The summed E-state index contributed by atoms with van der Waals surface area (Å²) in [5.74, 6) is -1.38. The largest absolute Gasteiger partial charge is 0.352 e. The highest BCUT2D eigenvalue weighted by Crippen LogP contribution is 2.27. The first kappa shape index (κ1) is 32.9. The van der Waals surface area contributed by atoms with E-state index in [2.05, 4.69) is 21.2 Å². The maximum atomic E-state index is 14.4. The maximum absolute atomic E-state index is 14.4. The third-order valence-electron chi connectivity index (χ3n) is 7.24. The summed E-state index contributed by atoms with van der Waals surface area (Å²) in [5, 5.41) is 3.00. The molecule has 7 nitrogen and oxygen atoms in total. The van der Waals surface area contributed by atoms with E-state index < -0.39 is 34.3 Å². The van der Waals surface area contributed by atoms with Crippen LogP contribution in [0.5, 0.6) is 0 Å². The molecule has 230 valence electrons. The van der Waals surface area contributed by atoms with Crippen LogP contribution < -0.4 is 9.62 Å². The molecule has 4 aromatic rings. The highest BCUT2D eigenvalue weighted by Gasteiger charge is 2.35. The monoisotopic (exact) mass is 679 g/mol. The molecule has 4 rings (SSSR count). The molecule has 0 fully saturated rings. The Hall–Kier alpha value is -4.02. The summed E-state index contributed by atoms with van der Waals surface area (Å²) in [6.07, 6.45) is 0.875. The van der Waals surface area contributed by atoms with Gasteiger partial charge in [0.05, 0.1) is 10.6 Å². The fraction of sp³-hybridized carbons (Fsp3) is 0.235.